The third-order valence-electron chi connectivity index (χ3n) is 11.7. The topological polar surface area (TPSA) is 60.4 Å². The van der Waals surface area contributed by atoms with Crippen LogP contribution < -0.4 is 9.13 Å². The summed E-state index contributed by atoms with van der Waals surface area (Å²) in [6, 6.07) is 29.5. The minimum atomic E-state index is -0.125. The fraction of sp³-hybridized carbons (Fsp3) is 0.429. The number of hydrogen-bond acceptors (Lipinski definition) is 4. The van der Waals surface area contributed by atoms with Gasteiger partial charge in [-0.25, -0.2) is 9.13 Å². The molecule has 62 heavy (non-hydrogen) atoms. The molecule has 6 aromatic rings. The second kappa shape index (κ2) is 26.6. The Labute approximate surface area is 370 Å². The van der Waals surface area contributed by atoms with E-state index in [-0.39, 0.29) is 11.9 Å². The maximum Gasteiger partial charge on any atom is 0.305 e. The first kappa shape index (κ1) is 45.8. The molecule has 322 valence electrons. The molecule has 4 aromatic carbocycles. The summed E-state index contributed by atoms with van der Waals surface area (Å²) in [5, 5.41) is 6.94. The van der Waals surface area contributed by atoms with Gasteiger partial charge in [-0.15, -0.1) is 0 Å². The third kappa shape index (κ3) is 15.3. The second-order valence-corrected chi connectivity index (χ2v) is 16.6. The van der Waals surface area contributed by atoms with Crippen molar-refractivity contribution >= 4 is 44.3 Å². The second-order valence-electron chi connectivity index (χ2n) is 16.6. The van der Waals surface area contributed by atoms with E-state index in [1.807, 2.05) is 0 Å². The van der Waals surface area contributed by atoms with Crippen molar-refractivity contribution in [2.75, 3.05) is 13.2 Å². The Kier molecular flexibility index (Phi) is 19.6. The number of benzene rings is 4. The lowest BCUT2D eigenvalue weighted by molar-refractivity contribution is -0.697. The van der Waals surface area contributed by atoms with Crippen molar-refractivity contribution in [2.24, 2.45) is 0 Å². The molecule has 6 rings (SSSR count). The van der Waals surface area contributed by atoms with Gasteiger partial charge in [0.05, 0.1) is 0 Å². The molecule has 6 nitrogen and oxygen atoms in total. The molecule has 6 heteroatoms. The number of aromatic nitrogens is 2. The van der Waals surface area contributed by atoms with Crippen molar-refractivity contribution < 1.29 is 28.2 Å². The third-order valence-corrected chi connectivity index (χ3v) is 11.7. The Hall–Kier alpha value is -5.72. The molecule has 0 atom stereocenters. The van der Waals surface area contributed by atoms with Crippen LogP contribution in [0.25, 0.3) is 32.3 Å². The molecule has 0 spiro atoms. The summed E-state index contributed by atoms with van der Waals surface area (Å²) in [5.74, 6) is 13.0. The Morgan fingerprint density at radius 3 is 1.18 bits per heavy atom. The number of nitrogens with zero attached hydrogens (tertiary/aromatic N) is 2. The summed E-state index contributed by atoms with van der Waals surface area (Å²) in [6.07, 6.45) is 29.3. The van der Waals surface area contributed by atoms with Crippen LogP contribution in [0.4, 0.5) is 0 Å². The van der Waals surface area contributed by atoms with Gasteiger partial charge < -0.3 is 9.47 Å². The predicted octanol–water partition coefficient (Wildman–Crippen LogP) is 12.2. The number of rotatable bonds is 26. The average Bonchev–Trinajstić information content (AvgIpc) is 3.30. The molecule has 0 unspecified atom stereocenters. The molecule has 0 fully saturated rings. The van der Waals surface area contributed by atoms with Gasteiger partial charge in [0.2, 0.25) is 0 Å². The molecule has 0 N–H and O–H groups in total. The summed E-state index contributed by atoms with van der Waals surface area (Å²) in [7, 11) is 0. The van der Waals surface area contributed by atoms with E-state index >= 15 is 0 Å². The highest BCUT2D eigenvalue weighted by molar-refractivity contribution is 6.24. The SMILES string of the molecule is O=C(CCCCCCCCCC[n+]1ccccc1)OCCC#Cc1ccc2ccc3c(C#CCCOC(=O)CCCCCCCCCC[n+]4ccccc4)ccc4ccc1c2c43. The summed E-state index contributed by atoms with van der Waals surface area (Å²) in [5.41, 5.74) is 1.94. The number of carbonyl (C=O) groups is 2. The first-order chi connectivity index (χ1) is 30.7. The molecular weight excluding hydrogens is 765 g/mol. The maximum atomic E-state index is 12.3. The monoisotopic (exact) mass is 831 g/mol. The molecule has 2 aromatic heterocycles. The lowest BCUT2D eigenvalue weighted by atomic mass is 9.90. The van der Waals surface area contributed by atoms with Crippen LogP contribution in [0.3, 0.4) is 0 Å². The van der Waals surface area contributed by atoms with E-state index in [4.69, 9.17) is 9.47 Å². The van der Waals surface area contributed by atoms with E-state index in [1.165, 1.54) is 98.6 Å². The van der Waals surface area contributed by atoms with Crippen LogP contribution >= 0.6 is 0 Å². The standard InChI is InChI=1S/C56H66N2O4/c59-53(29-15-9-5-1-3-7-11-19-39-57-41-21-13-22-42-57)61-45-25-17-27-47-31-33-49-36-38-52-48(32-34-50-35-37-51(47)55(49)56(50)52)28-18-26-46-62-54(60)30-16-10-6-2-4-8-12-20-40-58-43-23-14-24-44-58/h13-14,21-24,31-38,41-44H,1-12,15-16,19-20,25-26,29-30,39-40,45-46H2/q+2. The van der Waals surface area contributed by atoms with Crippen LogP contribution in [0.1, 0.15) is 140 Å². The minimum absolute atomic E-state index is 0.125. The van der Waals surface area contributed by atoms with Crippen LogP contribution in [0.2, 0.25) is 0 Å². The van der Waals surface area contributed by atoms with Gasteiger partial charge in [-0.1, -0.05) is 136 Å². The molecule has 2 heterocycles. The quantitative estimate of drug-likeness (QED) is 0.0180. The number of esters is 2. The van der Waals surface area contributed by atoms with E-state index in [2.05, 4.69) is 143 Å². The van der Waals surface area contributed by atoms with Gasteiger partial charge in [0, 0.05) is 73.9 Å². The minimum Gasteiger partial charge on any atom is -0.465 e. The summed E-state index contributed by atoms with van der Waals surface area (Å²) in [6.45, 7) is 2.81. The van der Waals surface area contributed by atoms with Crippen LogP contribution in [0.5, 0.6) is 0 Å². The molecule has 0 saturated carbocycles. The zero-order valence-corrected chi connectivity index (χ0v) is 36.9. The largest absolute Gasteiger partial charge is 0.465 e. The summed E-state index contributed by atoms with van der Waals surface area (Å²) in [4.78, 5) is 24.7. The van der Waals surface area contributed by atoms with E-state index in [1.54, 1.807) is 0 Å². The Morgan fingerprint density at radius 2 is 0.774 bits per heavy atom. The van der Waals surface area contributed by atoms with Crippen molar-refractivity contribution in [3.05, 3.63) is 121 Å². The summed E-state index contributed by atoms with van der Waals surface area (Å²) >= 11 is 0. The van der Waals surface area contributed by atoms with Crippen molar-refractivity contribution in [1.29, 1.82) is 0 Å². The normalized spacial score (nSPS) is 11.0. The van der Waals surface area contributed by atoms with E-state index in [9.17, 15) is 9.59 Å². The zero-order chi connectivity index (χ0) is 42.9. The highest BCUT2D eigenvalue weighted by Gasteiger charge is 2.12. The molecule has 0 aliphatic heterocycles. The van der Waals surface area contributed by atoms with Crippen molar-refractivity contribution in [2.45, 2.75) is 142 Å². The van der Waals surface area contributed by atoms with Gasteiger partial charge >= 0.3 is 11.9 Å². The molecule has 0 aliphatic rings. The van der Waals surface area contributed by atoms with Crippen molar-refractivity contribution in [3.8, 4) is 23.7 Å². The maximum absolute atomic E-state index is 12.3. The number of pyridine rings is 2. The lowest BCUT2D eigenvalue weighted by Crippen LogP contribution is -2.32. The van der Waals surface area contributed by atoms with E-state index in [0.717, 1.165) is 60.7 Å². The predicted molar refractivity (Wildman–Crippen MR) is 251 cm³/mol. The van der Waals surface area contributed by atoms with Gasteiger partial charge in [-0.05, 0) is 70.1 Å². The number of aryl methyl sites for hydroxylation is 2. The summed E-state index contributed by atoms with van der Waals surface area (Å²) < 4.78 is 15.5. The molecular formula is C56H66N2O4+2. The fourth-order valence-corrected chi connectivity index (χ4v) is 8.33. The fourth-order valence-electron chi connectivity index (χ4n) is 8.33. The van der Waals surface area contributed by atoms with Crippen LogP contribution in [0.15, 0.2) is 110 Å². The van der Waals surface area contributed by atoms with Crippen molar-refractivity contribution in [3.63, 3.8) is 0 Å². The number of ether oxygens (including phenoxy) is 2. The smallest absolute Gasteiger partial charge is 0.305 e. The number of unbranched alkanes of at least 4 members (excludes halogenated alkanes) is 14. The Balaban J connectivity index is 0.852. The van der Waals surface area contributed by atoms with Crippen LogP contribution in [-0.4, -0.2) is 25.2 Å². The van der Waals surface area contributed by atoms with Gasteiger partial charge in [0.25, 0.3) is 0 Å². The Bertz CT molecular complexity index is 2220. The van der Waals surface area contributed by atoms with E-state index in [0.29, 0.717) is 38.9 Å². The molecule has 0 bridgehead atoms. The first-order valence-electron chi connectivity index (χ1n) is 23.5. The molecule has 0 amide bonds. The molecule has 0 saturated heterocycles. The highest BCUT2D eigenvalue weighted by atomic mass is 16.5. The van der Waals surface area contributed by atoms with Crippen LogP contribution in [0, 0.1) is 23.7 Å². The Morgan fingerprint density at radius 1 is 0.419 bits per heavy atom. The van der Waals surface area contributed by atoms with Gasteiger partial charge in [-0.3, -0.25) is 9.59 Å². The average molecular weight is 831 g/mol. The van der Waals surface area contributed by atoms with Gasteiger partial charge in [0.1, 0.15) is 26.3 Å². The molecule has 0 radical (unpaired) electrons. The number of carbonyl (C=O) groups excluding carboxylic acids is 2. The zero-order valence-electron chi connectivity index (χ0n) is 36.9. The lowest BCUT2D eigenvalue weighted by Gasteiger charge is -2.13. The molecule has 0 aliphatic carbocycles. The first-order valence-corrected chi connectivity index (χ1v) is 23.5. The van der Waals surface area contributed by atoms with Gasteiger partial charge in [0.15, 0.2) is 24.8 Å². The van der Waals surface area contributed by atoms with Gasteiger partial charge in [-0.2, -0.15) is 0 Å². The van der Waals surface area contributed by atoms with Crippen molar-refractivity contribution in [1.82, 2.24) is 0 Å². The van der Waals surface area contributed by atoms with Crippen LogP contribution in [-0.2, 0) is 32.2 Å². The van der Waals surface area contributed by atoms with E-state index < -0.39 is 0 Å². The highest BCUT2D eigenvalue weighted by Crippen LogP contribution is 2.37. The number of hydrogen-bond donors (Lipinski definition) is 0.